The van der Waals surface area contributed by atoms with Crippen molar-refractivity contribution < 1.29 is 0 Å². The van der Waals surface area contributed by atoms with E-state index in [1.807, 2.05) is 49.2 Å². The summed E-state index contributed by atoms with van der Waals surface area (Å²) < 4.78 is 0. The summed E-state index contributed by atoms with van der Waals surface area (Å²) in [4.78, 5) is 10.2. The highest BCUT2D eigenvalue weighted by Crippen LogP contribution is 2.20. The van der Waals surface area contributed by atoms with Crippen LogP contribution in [0.25, 0.3) is 0 Å². The predicted octanol–water partition coefficient (Wildman–Crippen LogP) is 3.73. The van der Waals surface area contributed by atoms with Crippen LogP contribution in [0.15, 0.2) is 30.3 Å². The smallest absolute Gasteiger partial charge is 0.224 e. The normalized spacial score (nSPS) is 10.4. The number of aryl methyl sites for hydroxylation is 1. The van der Waals surface area contributed by atoms with E-state index in [0.717, 1.165) is 22.1 Å². The molecule has 0 amide bonds. The summed E-state index contributed by atoms with van der Waals surface area (Å²) in [7, 11) is 1.95. The minimum absolute atomic E-state index is 0.260. The number of rotatable bonds is 3. The maximum atomic E-state index is 6.13. The Morgan fingerprint density at radius 1 is 1.17 bits per heavy atom. The van der Waals surface area contributed by atoms with Gasteiger partial charge in [0.1, 0.15) is 5.82 Å². The number of anilines is 1. The summed E-state index contributed by atoms with van der Waals surface area (Å²) in [5.41, 5.74) is 1.89. The van der Waals surface area contributed by atoms with Crippen molar-refractivity contribution in [2.45, 2.75) is 13.5 Å². The van der Waals surface area contributed by atoms with E-state index in [9.17, 15) is 0 Å². The second-order valence-electron chi connectivity index (χ2n) is 4.08. The van der Waals surface area contributed by atoms with Crippen LogP contribution in [0, 0.1) is 6.92 Å². The molecule has 5 heteroatoms. The van der Waals surface area contributed by atoms with Gasteiger partial charge in [0, 0.05) is 30.4 Å². The van der Waals surface area contributed by atoms with Crippen LogP contribution in [0.4, 0.5) is 5.82 Å². The predicted molar refractivity (Wildman–Crippen MR) is 75.3 cm³/mol. The van der Waals surface area contributed by atoms with Crippen LogP contribution in [0.3, 0.4) is 0 Å². The first kappa shape index (κ1) is 13.1. The third kappa shape index (κ3) is 3.12. The molecule has 18 heavy (non-hydrogen) atoms. The molecule has 0 spiro atoms. The number of aromatic nitrogens is 2. The molecule has 0 fully saturated rings. The fourth-order valence-corrected chi connectivity index (χ4v) is 2.09. The molecule has 0 aliphatic heterocycles. The van der Waals surface area contributed by atoms with Crippen LogP contribution < -0.4 is 4.90 Å². The lowest BCUT2D eigenvalue weighted by Gasteiger charge is -2.19. The molecule has 1 heterocycles. The molecule has 2 aromatic rings. The summed E-state index contributed by atoms with van der Waals surface area (Å²) in [6.07, 6.45) is 0. The van der Waals surface area contributed by atoms with Crippen LogP contribution in [0.5, 0.6) is 0 Å². The van der Waals surface area contributed by atoms with Crippen molar-refractivity contribution in [2.75, 3.05) is 11.9 Å². The van der Waals surface area contributed by atoms with Crippen LogP contribution >= 0.6 is 23.2 Å². The molecular formula is C13H13Cl2N3. The van der Waals surface area contributed by atoms with E-state index in [4.69, 9.17) is 23.2 Å². The lowest BCUT2D eigenvalue weighted by molar-refractivity contribution is 0.886. The molecule has 0 radical (unpaired) electrons. The van der Waals surface area contributed by atoms with Crippen molar-refractivity contribution in [3.05, 3.63) is 51.9 Å². The van der Waals surface area contributed by atoms with Gasteiger partial charge in [-0.15, -0.1) is 0 Å². The number of nitrogens with zero attached hydrogens (tertiary/aromatic N) is 3. The van der Waals surface area contributed by atoms with Gasteiger partial charge >= 0.3 is 0 Å². The average molecular weight is 282 g/mol. The van der Waals surface area contributed by atoms with Gasteiger partial charge in [-0.25, -0.2) is 9.97 Å². The maximum absolute atomic E-state index is 6.13. The molecule has 2 rings (SSSR count). The summed E-state index contributed by atoms with van der Waals surface area (Å²) in [6.45, 7) is 2.56. The average Bonchev–Trinajstić information content (AvgIpc) is 2.31. The zero-order valence-electron chi connectivity index (χ0n) is 10.2. The first-order valence-electron chi connectivity index (χ1n) is 5.52. The standard InChI is InChI=1S/C13H13Cl2N3/c1-9-7-12(17-13(15)16-9)18(2)8-10-5-3-4-6-11(10)14/h3-7H,8H2,1-2H3. The van der Waals surface area contributed by atoms with Crippen LogP contribution in [-0.2, 0) is 6.54 Å². The molecule has 1 aromatic carbocycles. The van der Waals surface area contributed by atoms with Crippen molar-refractivity contribution in [1.82, 2.24) is 9.97 Å². The molecule has 0 saturated carbocycles. The Kier molecular flexibility index (Phi) is 4.04. The van der Waals surface area contributed by atoms with E-state index in [0.29, 0.717) is 6.54 Å². The Balaban J connectivity index is 2.22. The largest absolute Gasteiger partial charge is 0.355 e. The van der Waals surface area contributed by atoms with Gasteiger partial charge in [0.05, 0.1) is 0 Å². The SMILES string of the molecule is Cc1cc(N(C)Cc2ccccc2Cl)nc(Cl)n1. The van der Waals surface area contributed by atoms with E-state index in [2.05, 4.69) is 9.97 Å². The van der Waals surface area contributed by atoms with Crippen LogP contribution in [0.2, 0.25) is 10.3 Å². The number of benzene rings is 1. The molecular weight excluding hydrogens is 269 g/mol. The summed E-state index contributed by atoms with van der Waals surface area (Å²) >= 11 is 12.0. The lowest BCUT2D eigenvalue weighted by Crippen LogP contribution is -2.18. The molecule has 0 N–H and O–H groups in total. The van der Waals surface area contributed by atoms with Crippen LogP contribution in [0.1, 0.15) is 11.3 Å². The molecule has 0 aliphatic carbocycles. The zero-order chi connectivity index (χ0) is 13.1. The minimum Gasteiger partial charge on any atom is -0.355 e. The topological polar surface area (TPSA) is 29.0 Å². The van der Waals surface area contributed by atoms with E-state index in [1.165, 1.54) is 0 Å². The van der Waals surface area contributed by atoms with E-state index >= 15 is 0 Å². The van der Waals surface area contributed by atoms with Gasteiger partial charge in [0.25, 0.3) is 0 Å². The number of hydrogen-bond donors (Lipinski definition) is 0. The Morgan fingerprint density at radius 3 is 2.56 bits per heavy atom. The van der Waals surface area contributed by atoms with Crippen molar-refractivity contribution in [2.24, 2.45) is 0 Å². The van der Waals surface area contributed by atoms with Gasteiger partial charge in [-0.05, 0) is 30.2 Å². The van der Waals surface area contributed by atoms with Gasteiger partial charge in [0.2, 0.25) is 5.28 Å². The van der Waals surface area contributed by atoms with Gasteiger partial charge in [-0.1, -0.05) is 29.8 Å². The quantitative estimate of drug-likeness (QED) is 0.803. The Labute approximate surface area is 116 Å². The molecule has 94 valence electrons. The van der Waals surface area contributed by atoms with Crippen molar-refractivity contribution in [3.8, 4) is 0 Å². The molecule has 1 aromatic heterocycles. The first-order chi connectivity index (χ1) is 8.56. The molecule has 0 bridgehead atoms. The van der Waals surface area contributed by atoms with E-state index in [-0.39, 0.29) is 5.28 Å². The fraction of sp³-hybridized carbons (Fsp3) is 0.231. The Morgan fingerprint density at radius 2 is 1.89 bits per heavy atom. The van der Waals surface area contributed by atoms with Gasteiger partial charge in [-0.2, -0.15) is 0 Å². The van der Waals surface area contributed by atoms with Crippen molar-refractivity contribution in [1.29, 1.82) is 0 Å². The molecule has 0 unspecified atom stereocenters. The number of hydrogen-bond acceptors (Lipinski definition) is 3. The summed E-state index contributed by atoms with van der Waals surface area (Å²) in [5, 5.41) is 1.01. The highest BCUT2D eigenvalue weighted by atomic mass is 35.5. The Bertz CT molecular complexity index is 537. The summed E-state index contributed by atoms with van der Waals surface area (Å²) in [5.74, 6) is 0.785. The van der Waals surface area contributed by atoms with Gasteiger partial charge in [0.15, 0.2) is 0 Å². The third-order valence-corrected chi connectivity index (χ3v) is 3.11. The maximum Gasteiger partial charge on any atom is 0.224 e. The Hall–Kier alpha value is -1.32. The fourth-order valence-electron chi connectivity index (χ4n) is 1.68. The molecule has 0 atom stereocenters. The van der Waals surface area contributed by atoms with E-state index < -0.39 is 0 Å². The highest BCUT2D eigenvalue weighted by molar-refractivity contribution is 6.31. The van der Waals surface area contributed by atoms with Gasteiger partial charge in [-0.3, -0.25) is 0 Å². The molecule has 3 nitrogen and oxygen atoms in total. The second kappa shape index (κ2) is 5.55. The van der Waals surface area contributed by atoms with Crippen molar-refractivity contribution >= 4 is 29.0 Å². The minimum atomic E-state index is 0.260. The molecule has 0 aliphatic rings. The zero-order valence-corrected chi connectivity index (χ0v) is 11.7. The van der Waals surface area contributed by atoms with Crippen LogP contribution in [-0.4, -0.2) is 17.0 Å². The van der Waals surface area contributed by atoms with Gasteiger partial charge < -0.3 is 4.90 Å². The monoisotopic (exact) mass is 281 g/mol. The lowest BCUT2D eigenvalue weighted by atomic mass is 10.2. The third-order valence-electron chi connectivity index (χ3n) is 2.57. The first-order valence-corrected chi connectivity index (χ1v) is 6.27. The number of halogens is 2. The second-order valence-corrected chi connectivity index (χ2v) is 4.83. The molecule has 0 saturated heterocycles. The highest BCUT2D eigenvalue weighted by Gasteiger charge is 2.08. The van der Waals surface area contributed by atoms with Crippen molar-refractivity contribution in [3.63, 3.8) is 0 Å². The van der Waals surface area contributed by atoms with E-state index in [1.54, 1.807) is 0 Å². The summed E-state index contributed by atoms with van der Waals surface area (Å²) in [6, 6.07) is 9.64.